The first-order valence-corrected chi connectivity index (χ1v) is 8.21. The largest absolute Gasteiger partial charge is 0.507 e. The number of aryl methyl sites for hydroxylation is 1. The van der Waals surface area contributed by atoms with Crippen molar-refractivity contribution in [3.8, 4) is 5.75 Å². The number of aliphatic carboxylic acids is 1. The molecule has 6 nitrogen and oxygen atoms in total. The van der Waals surface area contributed by atoms with Crippen molar-refractivity contribution >= 4 is 29.3 Å². The second-order valence-electron chi connectivity index (χ2n) is 6.15. The molecule has 3 aromatic rings. The van der Waals surface area contributed by atoms with Gasteiger partial charge >= 0.3 is 11.6 Å². The van der Waals surface area contributed by atoms with Crippen LogP contribution in [0.3, 0.4) is 0 Å². The molecule has 3 rings (SSSR count). The van der Waals surface area contributed by atoms with Crippen molar-refractivity contribution in [2.24, 2.45) is 0 Å². The smallest absolute Gasteiger partial charge is 0.336 e. The Hall–Kier alpha value is -2.83. The van der Waals surface area contributed by atoms with Gasteiger partial charge in [0.05, 0.1) is 5.56 Å². The molecule has 0 aliphatic rings. The number of carbonyl (C=O) groups is 1. The highest BCUT2D eigenvalue weighted by Crippen LogP contribution is 2.28. The van der Waals surface area contributed by atoms with E-state index in [-0.39, 0.29) is 30.3 Å². The third kappa shape index (κ3) is 4.67. The minimum absolute atomic E-state index is 0. The molecule has 0 amide bonds. The summed E-state index contributed by atoms with van der Waals surface area (Å²) in [5.41, 5.74) is 1.74. The maximum absolute atomic E-state index is 11.7. The molecule has 1 aromatic heterocycles. The Morgan fingerprint density at radius 1 is 1.19 bits per heavy atom. The fourth-order valence-corrected chi connectivity index (χ4v) is 2.92. The summed E-state index contributed by atoms with van der Waals surface area (Å²) < 4.78 is 5.26. The molecule has 1 heterocycles. The molecular weight excluding hydrogens is 370 g/mol. The van der Waals surface area contributed by atoms with Gasteiger partial charge in [0.2, 0.25) is 0 Å². The summed E-state index contributed by atoms with van der Waals surface area (Å²) in [5, 5.41) is 23.3. The second kappa shape index (κ2) is 8.70. The number of hydrogen-bond donors (Lipinski definition) is 3. The summed E-state index contributed by atoms with van der Waals surface area (Å²) in [6, 6.07) is 13.0. The second-order valence-corrected chi connectivity index (χ2v) is 6.15. The lowest BCUT2D eigenvalue weighted by atomic mass is 10.0. The van der Waals surface area contributed by atoms with Gasteiger partial charge in [0, 0.05) is 18.0 Å². The van der Waals surface area contributed by atoms with Crippen LogP contribution in [0.5, 0.6) is 5.75 Å². The number of halogens is 1. The highest BCUT2D eigenvalue weighted by molar-refractivity contribution is 5.85. The van der Waals surface area contributed by atoms with Gasteiger partial charge in [-0.05, 0) is 36.6 Å². The summed E-state index contributed by atoms with van der Waals surface area (Å²) in [7, 11) is 0. The molecule has 0 radical (unpaired) electrons. The van der Waals surface area contributed by atoms with E-state index >= 15 is 0 Å². The fourth-order valence-electron chi connectivity index (χ4n) is 2.92. The molecule has 0 bridgehead atoms. The Morgan fingerprint density at radius 3 is 2.56 bits per heavy atom. The minimum Gasteiger partial charge on any atom is -0.507 e. The van der Waals surface area contributed by atoms with Crippen LogP contribution in [-0.2, 0) is 17.8 Å². The fraction of sp³-hybridized carbons (Fsp3) is 0.200. The van der Waals surface area contributed by atoms with Gasteiger partial charge in [-0.15, -0.1) is 12.4 Å². The SMILES string of the molecule is Cc1cc(=O)oc2c(CNC(Cc3ccccc3)C(=O)O)c(O)ccc12.Cl. The first-order valence-electron chi connectivity index (χ1n) is 8.21. The zero-order chi connectivity index (χ0) is 18.7. The maximum Gasteiger partial charge on any atom is 0.336 e. The Labute approximate surface area is 161 Å². The summed E-state index contributed by atoms with van der Waals surface area (Å²) in [4.78, 5) is 23.3. The Bertz CT molecular complexity index is 1000. The number of aromatic hydroxyl groups is 1. The van der Waals surface area contributed by atoms with E-state index in [4.69, 9.17) is 4.42 Å². The number of phenols is 1. The summed E-state index contributed by atoms with van der Waals surface area (Å²) in [6.45, 7) is 1.84. The Balaban J connectivity index is 0.00000261. The van der Waals surface area contributed by atoms with Crippen LogP contribution in [0.1, 0.15) is 16.7 Å². The van der Waals surface area contributed by atoms with Gasteiger partial charge in [0.25, 0.3) is 0 Å². The van der Waals surface area contributed by atoms with Crippen molar-refractivity contribution in [3.63, 3.8) is 0 Å². The van der Waals surface area contributed by atoms with Crippen molar-refractivity contribution in [2.45, 2.75) is 25.9 Å². The average Bonchev–Trinajstić information content (AvgIpc) is 2.60. The molecule has 142 valence electrons. The molecule has 0 aliphatic heterocycles. The van der Waals surface area contributed by atoms with Gasteiger partial charge in [-0.2, -0.15) is 0 Å². The van der Waals surface area contributed by atoms with Crippen LogP contribution < -0.4 is 10.9 Å². The number of nitrogens with one attached hydrogen (secondary N) is 1. The molecule has 1 unspecified atom stereocenters. The third-order valence-electron chi connectivity index (χ3n) is 4.30. The molecule has 0 saturated carbocycles. The minimum atomic E-state index is -0.994. The number of carboxylic acids is 1. The molecule has 0 spiro atoms. The molecule has 2 aromatic carbocycles. The van der Waals surface area contributed by atoms with Crippen LogP contribution in [0.4, 0.5) is 0 Å². The van der Waals surface area contributed by atoms with Gasteiger partial charge < -0.3 is 14.6 Å². The molecule has 3 N–H and O–H groups in total. The van der Waals surface area contributed by atoms with Crippen molar-refractivity contribution < 1.29 is 19.4 Å². The van der Waals surface area contributed by atoms with Gasteiger partial charge in [-0.1, -0.05) is 30.3 Å². The molecule has 0 fully saturated rings. The van der Waals surface area contributed by atoms with Gasteiger partial charge in [0.1, 0.15) is 17.4 Å². The summed E-state index contributed by atoms with van der Waals surface area (Å²) in [5.74, 6) is -1.05. The predicted molar refractivity (Wildman–Crippen MR) is 105 cm³/mol. The predicted octanol–water partition coefficient (Wildman–Crippen LogP) is 3.01. The van der Waals surface area contributed by atoms with Crippen LogP contribution in [-0.4, -0.2) is 22.2 Å². The van der Waals surface area contributed by atoms with E-state index in [0.29, 0.717) is 17.4 Å². The number of benzene rings is 2. The molecular formula is C20H20ClNO5. The first-order chi connectivity index (χ1) is 12.5. The van der Waals surface area contributed by atoms with E-state index in [1.165, 1.54) is 12.1 Å². The third-order valence-corrected chi connectivity index (χ3v) is 4.30. The van der Waals surface area contributed by atoms with Gasteiger partial charge in [-0.25, -0.2) is 4.79 Å². The van der Waals surface area contributed by atoms with Gasteiger partial charge in [-0.3, -0.25) is 10.1 Å². The van der Waals surface area contributed by atoms with Gasteiger partial charge in [0.15, 0.2) is 0 Å². The van der Waals surface area contributed by atoms with Crippen molar-refractivity contribution in [1.82, 2.24) is 5.32 Å². The normalized spacial score (nSPS) is 11.7. The van der Waals surface area contributed by atoms with Crippen LogP contribution >= 0.6 is 12.4 Å². The maximum atomic E-state index is 11.7. The average molecular weight is 390 g/mol. The lowest BCUT2D eigenvalue weighted by molar-refractivity contribution is -0.139. The van der Waals surface area contributed by atoms with E-state index in [2.05, 4.69) is 5.32 Å². The van der Waals surface area contributed by atoms with E-state index in [0.717, 1.165) is 11.1 Å². The molecule has 1 atom stereocenters. The number of rotatable bonds is 6. The summed E-state index contributed by atoms with van der Waals surface area (Å²) in [6.07, 6.45) is 0.296. The van der Waals surface area contributed by atoms with Crippen LogP contribution in [0.15, 0.2) is 57.7 Å². The molecule has 0 aliphatic carbocycles. The summed E-state index contributed by atoms with van der Waals surface area (Å²) >= 11 is 0. The van der Waals surface area contributed by atoms with E-state index < -0.39 is 17.6 Å². The highest BCUT2D eigenvalue weighted by atomic mass is 35.5. The van der Waals surface area contributed by atoms with E-state index in [9.17, 15) is 19.8 Å². The highest BCUT2D eigenvalue weighted by Gasteiger charge is 2.19. The number of hydrogen-bond acceptors (Lipinski definition) is 5. The van der Waals surface area contributed by atoms with Crippen molar-refractivity contribution in [1.29, 1.82) is 0 Å². The van der Waals surface area contributed by atoms with E-state index in [1.54, 1.807) is 13.0 Å². The number of phenolic OH excluding ortho intramolecular Hbond substituents is 1. The Morgan fingerprint density at radius 2 is 1.89 bits per heavy atom. The zero-order valence-corrected chi connectivity index (χ0v) is 15.5. The Kier molecular flexibility index (Phi) is 6.60. The van der Waals surface area contributed by atoms with Crippen LogP contribution in [0.2, 0.25) is 0 Å². The molecule has 0 saturated heterocycles. The standard InChI is InChI=1S/C20H19NO5.ClH/c1-12-9-18(23)26-19-14(12)7-8-17(22)15(19)11-21-16(20(24)25)10-13-5-3-2-4-6-13;/h2-9,16,21-22H,10-11H2,1H3,(H,24,25);1H. The van der Waals surface area contributed by atoms with Crippen LogP contribution in [0.25, 0.3) is 11.0 Å². The molecule has 27 heavy (non-hydrogen) atoms. The quantitative estimate of drug-likeness (QED) is 0.560. The lowest BCUT2D eigenvalue weighted by Crippen LogP contribution is -2.38. The topological polar surface area (TPSA) is 99.8 Å². The molecule has 7 heteroatoms. The van der Waals surface area contributed by atoms with Crippen molar-refractivity contribution in [3.05, 3.63) is 75.6 Å². The number of carboxylic acid groups (broad SMARTS) is 1. The van der Waals surface area contributed by atoms with Crippen molar-refractivity contribution in [2.75, 3.05) is 0 Å². The van der Waals surface area contributed by atoms with E-state index in [1.807, 2.05) is 30.3 Å². The van der Waals surface area contributed by atoms with Crippen LogP contribution in [0, 0.1) is 6.92 Å². The first kappa shape index (κ1) is 20.5. The lowest BCUT2D eigenvalue weighted by Gasteiger charge is -2.16. The number of fused-ring (bicyclic) bond motifs is 1. The zero-order valence-electron chi connectivity index (χ0n) is 14.6. The monoisotopic (exact) mass is 389 g/mol.